The second kappa shape index (κ2) is 7.82. The molecule has 0 radical (unpaired) electrons. The Hall–Kier alpha value is -2.90. The average Bonchev–Trinajstić information content (AvgIpc) is 3.18. The van der Waals surface area contributed by atoms with Crippen molar-refractivity contribution in [1.82, 2.24) is 20.4 Å². The molecule has 3 fully saturated rings. The Kier molecular flexibility index (Phi) is 5.26. The van der Waals surface area contributed by atoms with E-state index in [0.29, 0.717) is 19.5 Å². The summed E-state index contributed by atoms with van der Waals surface area (Å²) in [6.45, 7) is 7.48. The lowest BCUT2D eigenvalue weighted by Gasteiger charge is -2.43. The Balaban J connectivity index is 1.38. The summed E-state index contributed by atoms with van der Waals surface area (Å²) in [6, 6.07) is 5.44. The van der Waals surface area contributed by atoms with E-state index in [0.717, 1.165) is 12.0 Å². The zero-order valence-electron chi connectivity index (χ0n) is 19.9. The van der Waals surface area contributed by atoms with E-state index in [2.05, 4.69) is 29.4 Å². The van der Waals surface area contributed by atoms with Crippen LogP contribution in [0.2, 0.25) is 0 Å². The van der Waals surface area contributed by atoms with Crippen molar-refractivity contribution < 1.29 is 18.4 Å². The number of nitrogens with zero attached hydrogens (tertiary/aromatic N) is 3. The molecule has 34 heavy (non-hydrogen) atoms. The summed E-state index contributed by atoms with van der Waals surface area (Å²) in [5.74, 6) is -0.620. The molecule has 1 aromatic heterocycles. The largest absolute Gasteiger partial charge is 0.359 e. The first kappa shape index (κ1) is 22.9. The summed E-state index contributed by atoms with van der Waals surface area (Å²) < 4.78 is 28.7. The van der Waals surface area contributed by atoms with E-state index in [1.807, 2.05) is 11.8 Å². The maximum Gasteiger partial charge on any atom is 0.229 e. The van der Waals surface area contributed by atoms with Gasteiger partial charge in [0, 0.05) is 26.1 Å². The normalized spacial score (nSPS) is 31.3. The van der Waals surface area contributed by atoms with Crippen LogP contribution in [0.3, 0.4) is 0 Å². The molecule has 0 unspecified atom stereocenters. The predicted octanol–water partition coefficient (Wildman–Crippen LogP) is 3.78. The highest BCUT2D eigenvalue weighted by atomic mass is 19.1. The SMILES string of the molecule is CNC(=O)[C@@H]1[C@@H]2CN(C(=O)[C@@]3(C)CC[C@H](c4cnnc(-c5c(F)cccc5F)c4)C3(C)C)C[C@@H]21. The van der Waals surface area contributed by atoms with Crippen LogP contribution in [-0.2, 0) is 9.59 Å². The molecule has 2 saturated carbocycles. The van der Waals surface area contributed by atoms with E-state index >= 15 is 0 Å². The van der Waals surface area contributed by atoms with E-state index in [9.17, 15) is 18.4 Å². The van der Waals surface area contributed by atoms with Gasteiger partial charge in [-0.2, -0.15) is 10.2 Å². The minimum atomic E-state index is -0.681. The van der Waals surface area contributed by atoms with Crippen LogP contribution >= 0.6 is 0 Å². The molecule has 1 aromatic carbocycles. The third kappa shape index (κ3) is 3.25. The average molecular weight is 469 g/mol. The number of nitrogens with one attached hydrogen (secondary N) is 1. The molecular formula is C26H30F2N4O2. The van der Waals surface area contributed by atoms with Crippen LogP contribution < -0.4 is 5.32 Å². The monoisotopic (exact) mass is 468 g/mol. The second-order valence-electron chi connectivity index (χ2n) is 10.8. The van der Waals surface area contributed by atoms with E-state index in [-0.39, 0.29) is 46.7 Å². The van der Waals surface area contributed by atoms with Crippen molar-refractivity contribution in [3.63, 3.8) is 0 Å². The number of amides is 2. The highest BCUT2D eigenvalue weighted by Crippen LogP contribution is 2.62. The Bertz CT molecular complexity index is 1140. The summed E-state index contributed by atoms with van der Waals surface area (Å²) in [4.78, 5) is 27.7. The molecule has 5 rings (SSSR count). The minimum Gasteiger partial charge on any atom is -0.359 e. The Morgan fingerprint density at radius 2 is 1.76 bits per heavy atom. The number of carbonyl (C=O) groups excluding carboxylic acids is 2. The van der Waals surface area contributed by atoms with Gasteiger partial charge in [0.15, 0.2) is 0 Å². The molecule has 0 spiro atoms. The van der Waals surface area contributed by atoms with Crippen LogP contribution in [0.4, 0.5) is 8.78 Å². The number of benzene rings is 1. The van der Waals surface area contributed by atoms with Gasteiger partial charge in [-0.1, -0.05) is 26.8 Å². The highest BCUT2D eigenvalue weighted by Gasteiger charge is 2.63. The van der Waals surface area contributed by atoms with Crippen LogP contribution in [-0.4, -0.2) is 47.0 Å². The standard InChI is InChI=1S/C26H30F2N4O2/c1-25(2)17(14-10-20(31-30-11-14)22-18(27)6-5-7-19(22)28)8-9-26(25,3)24(34)32-12-15-16(13-32)21(15)23(33)29-4/h5-7,10-11,15-17,21H,8-9,12-13H2,1-4H3,(H,29,33)/t15-,16+,17-,21-,26-/m1/s1. The first-order valence-electron chi connectivity index (χ1n) is 11.9. The van der Waals surface area contributed by atoms with Gasteiger partial charge in [0.2, 0.25) is 11.8 Å². The first-order valence-corrected chi connectivity index (χ1v) is 11.9. The Labute approximate surface area is 198 Å². The lowest BCUT2D eigenvalue weighted by atomic mass is 9.63. The molecule has 180 valence electrons. The lowest BCUT2D eigenvalue weighted by molar-refractivity contribution is -0.146. The fourth-order valence-corrected chi connectivity index (χ4v) is 6.50. The molecule has 1 saturated heterocycles. The molecule has 2 aromatic rings. The van der Waals surface area contributed by atoms with Gasteiger partial charge in [0.25, 0.3) is 0 Å². The maximum atomic E-state index is 14.4. The van der Waals surface area contributed by atoms with Gasteiger partial charge in [-0.25, -0.2) is 8.78 Å². The van der Waals surface area contributed by atoms with Crippen LogP contribution in [0, 0.1) is 40.2 Å². The smallest absolute Gasteiger partial charge is 0.229 e. The number of aromatic nitrogens is 2. The van der Waals surface area contributed by atoms with Crippen LogP contribution in [0.25, 0.3) is 11.3 Å². The topological polar surface area (TPSA) is 75.2 Å². The van der Waals surface area contributed by atoms with E-state index < -0.39 is 22.5 Å². The van der Waals surface area contributed by atoms with Gasteiger partial charge >= 0.3 is 0 Å². The summed E-state index contributed by atoms with van der Waals surface area (Å²) >= 11 is 0. The number of hydrogen-bond acceptors (Lipinski definition) is 4. The van der Waals surface area contributed by atoms with Crippen molar-refractivity contribution in [2.45, 2.75) is 39.5 Å². The molecule has 1 aliphatic heterocycles. The molecule has 1 N–H and O–H groups in total. The third-order valence-corrected chi connectivity index (χ3v) is 9.03. The molecule has 6 nitrogen and oxygen atoms in total. The molecule has 2 aliphatic carbocycles. The first-order chi connectivity index (χ1) is 16.1. The van der Waals surface area contributed by atoms with Crippen LogP contribution in [0.5, 0.6) is 0 Å². The number of rotatable bonds is 4. The fourth-order valence-electron chi connectivity index (χ4n) is 6.50. The van der Waals surface area contributed by atoms with Gasteiger partial charge in [0.1, 0.15) is 11.6 Å². The number of hydrogen-bond donors (Lipinski definition) is 1. The van der Waals surface area contributed by atoms with Crippen molar-refractivity contribution >= 4 is 11.8 Å². The molecule has 2 heterocycles. The van der Waals surface area contributed by atoms with E-state index in [4.69, 9.17) is 0 Å². The summed E-state index contributed by atoms with van der Waals surface area (Å²) in [5, 5.41) is 10.8. The highest BCUT2D eigenvalue weighted by molar-refractivity contribution is 5.86. The Morgan fingerprint density at radius 1 is 1.12 bits per heavy atom. The van der Waals surface area contributed by atoms with Gasteiger partial charge in [-0.3, -0.25) is 9.59 Å². The molecule has 3 aliphatic rings. The number of likely N-dealkylation sites (tertiary alicyclic amines) is 1. The quantitative estimate of drug-likeness (QED) is 0.741. The molecule has 8 heteroatoms. The van der Waals surface area contributed by atoms with Gasteiger partial charge in [-0.05, 0) is 59.8 Å². The van der Waals surface area contributed by atoms with Gasteiger partial charge in [-0.15, -0.1) is 0 Å². The zero-order valence-corrected chi connectivity index (χ0v) is 19.9. The second-order valence-corrected chi connectivity index (χ2v) is 10.8. The molecule has 5 atom stereocenters. The summed E-state index contributed by atoms with van der Waals surface area (Å²) in [6.07, 6.45) is 3.12. The van der Waals surface area contributed by atoms with Crippen molar-refractivity contribution in [2.75, 3.05) is 20.1 Å². The molecular weight excluding hydrogens is 438 g/mol. The predicted molar refractivity (Wildman–Crippen MR) is 122 cm³/mol. The molecule has 2 amide bonds. The number of fused-ring (bicyclic) bond motifs is 1. The number of carbonyl (C=O) groups is 2. The number of piperidine rings is 1. The molecule has 0 bridgehead atoms. The van der Waals surface area contributed by atoms with E-state index in [1.54, 1.807) is 19.3 Å². The number of halogens is 2. The van der Waals surface area contributed by atoms with E-state index in [1.165, 1.54) is 18.2 Å². The van der Waals surface area contributed by atoms with Crippen LogP contribution in [0.1, 0.15) is 45.1 Å². The minimum absolute atomic E-state index is 0.0127. The van der Waals surface area contributed by atoms with Crippen molar-refractivity contribution in [1.29, 1.82) is 0 Å². The van der Waals surface area contributed by atoms with Crippen molar-refractivity contribution in [3.8, 4) is 11.3 Å². The Morgan fingerprint density at radius 3 is 2.38 bits per heavy atom. The summed E-state index contributed by atoms with van der Waals surface area (Å²) in [7, 11) is 1.65. The summed E-state index contributed by atoms with van der Waals surface area (Å²) in [5.41, 5.74) is -0.204. The lowest BCUT2D eigenvalue weighted by Crippen LogP contribution is -2.49. The van der Waals surface area contributed by atoms with Crippen molar-refractivity contribution in [3.05, 3.63) is 47.7 Å². The fraction of sp³-hybridized carbons (Fsp3) is 0.538. The zero-order chi connectivity index (χ0) is 24.4. The third-order valence-electron chi connectivity index (χ3n) is 9.03. The van der Waals surface area contributed by atoms with Gasteiger partial charge < -0.3 is 10.2 Å². The van der Waals surface area contributed by atoms with Crippen LogP contribution in [0.15, 0.2) is 30.5 Å². The maximum absolute atomic E-state index is 14.4. The van der Waals surface area contributed by atoms with Crippen molar-refractivity contribution in [2.24, 2.45) is 28.6 Å². The van der Waals surface area contributed by atoms with Gasteiger partial charge in [0.05, 0.1) is 22.9 Å².